The van der Waals surface area contributed by atoms with Crippen molar-refractivity contribution in [2.75, 3.05) is 0 Å². The summed E-state index contributed by atoms with van der Waals surface area (Å²) in [6.45, 7) is 0. The van der Waals surface area contributed by atoms with Gasteiger partial charge < -0.3 is 4.98 Å². The van der Waals surface area contributed by atoms with E-state index in [2.05, 4.69) is 10.1 Å². The van der Waals surface area contributed by atoms with Crippen LogP contribution < -0.4 is 11.0 Å². The van der Waals surface area contributed by atoms with Crippen LogP contribution in [0.25, 0.3) is 22.2 Å². The SMILES string of the molecule is Cn1nc(-c2ccccc2)c2[nH]ccc(=O)c2c1=O. The van der Waals surface area contributed by atoms with Crippen LogP contribution in [0.1, 0.15) is 0 Å². The molecule has 0 atom stereocenters. The Balaban J connectivity index is 2.52. The molecule has 0 aliphatic heterocycles. The van der Waals surface area contributed by atoms with Gasteiger partial charge in [0, 0.05) is 24.9 Å². The van der Waals surface area contributed by atoms with E-state index in [9.17, 15) is 9.59 Å². The number of rotatable bonds is 1. The van der Waals surface area contributed by atoms with Crippen molar-refractivity contribution in [3.05, 3.63) is 63.2 Å². The molecule has 0 aliphatic carbocycles. The molecule has 1 aromatic carbocycles. The van der Waals surface area contributed by atoms with Gasteiger partial charge in [-0.15, -0.1) is 0 Å². The maximum Gasteiger partial charge on any atom is 0.279 e. The second-order valence-corrected chi connectivity index (χ2v) is 4.24. The largest absolute Gasteiger partial charge is 0.359 e. The molecule has 0 aliphatic rings. The van der Waals surface area contributed by atoms with Crippen molar-refractivity contribution in [3.63, 3.8) is 0 Å². The first kappa shape index (κ1) is 11.4. The molecule has 5 nitrogen and oxygen atoms in total. The Morgan fingerprint density at radius 1 is 1.11 bits per heavy atom. The molecule has 19 heavy (non-hydrogen) atoms. The molecule has 1 N–H and O–H groups in total. The highest BCUT2D eigenvalue weighted by molar-refractivity contribution is 5.90. The molecule has 0 fully saturated rings. The monoisotopic (exact) mass is 253 g/mol. The Labute approximate surface area is 108 Å². The molecule has 3 aromatic rings. The Hall–Kier alpha value is -2.69. The van der Waals surface area contributed by atoms with Gasteiger partial charge >= 0.3 is 0 Å². The molecular formula is C14H11N3O2. The third-order valence-corrected chi connectivity index (χ3v) is 3.00. The highest BCUT2D eigenvalue weighted by Crippen LogP contribution is 2.20. The average molecular weight is 253 g/mol. The van der Waals surface area contributed by atoms with Crippen molar-refractivity contribution in [1.82, 2.24) is 14.8 Å². The van der Waals surface area contributed by atoms with Crippen molar-refractivity contribution in [2.24, 2.45) is 7.05 Å². The highest BCUT2D eigenvalue weighted by Gasteiger charge is 2.12. The van der Waals surface area contributed by atoms with Gasteiger partial charge in [0.1, 0.15) is 11.1 Å². The lowest BCUT2D eigenvalue weighted by Gasteiger charge is -2.07. The average Bonchev–Trinajstić information content (AvgIpc) is 2.43. The summed E-state index contributed by atoms with van der Waals surface area (Å²) >= 11 is 0. The molecule has 0 saturated carbocycles. The number of hydrogen-bond acceptors (Lipinski definition) is 3. The fourth-order valence-corrected chi connectivity index (χ4v) is 2.08. The predicted molar refractivity (Wildman–Crippen MR) is 73.0 cm³/mol. The van der Waals surface area contributed by atoms with E-state index in [4.69, 9.17) is 0 Å². The molecule has 0 amide bonds. The van der Waals surface area contributed by atoms with Crippen LogP contribution >= 0.6 is 0 Å². The summed E-state index contributed by atoms with van der Waals surface area (Å²) in [5.74, 6) is 0. The van der Waals surface area contributed by atoms with Crippen LogP contribution in [0.3, 0.4) is 0 Å². The molecule has 2 heterocycles. The lowest BCUT2D eigenvalue weighted by atomic mass is 10.1. The normalized spacial score (nSPS) is 10.8. The van der Waals surface area contributed by atoms with Gasteiger partial charge in [0.25, 0.3) is 5.56 Å². The Morgan fingerprint density at radius 2 is 1.84 bits per heavy atom. The number of H-pyrrole nitrogens is 1. The van der Waals surface area contributed by atoms with Crippen LogP contribution in [0.4, 0.5) is 0 Å². The molecule has 0 bridgehead atoms. The van der Waals surface area contributed by atoms with Crippen LogP contribution in [0.2, 0.25) is 0 Å². The number of hydrogen-bond donors (Lipinski definition) is 1. The molecule has 0 spiro atoms. The van der Waals surface area contributed by atoms with Crippen molar-refractivity contribution in [2.45, 2.75) is 0 Å². The van der Waals surface area contributed by atoms with E-state index in [1.165, 1.54) is 16.9 Å². The van der Waals surface area contributed by atoms with E-state index in [0.29, 0.717) is 11.2 Å². The Bertz CT molecular complexity index is 863. The van der Waals surface area contributed by atoms with Gasteiger partial charge in [0.2, 0.25) is 0 Å². The first-order chi connectivity index (χ1) is 9.18. The molecule has 3 rings (SSSR count). The number of fused-ring (bicyclic) bond motifs is 1. The zero-order valence-electron chi connectivity index (χ0n) is 10.3. The van der Waals surface area contributed by atoms with Gasteiger partial charge in [-0.3, -0.25) is 9.59 Å². The van der Waals surface area contributed by atoms with Gasteiger partial charge in [-0.2, -0.15) is 5.10 Å². The zero-order chi connectivity index (χ0) is 13.4. The number of pyridine rings is 1. The lowest BCUT2D eigenvalue weighted by Crippen LogP contribution is -2.25. The van der Waals surface area contributed by atoms with E-state index in [1.807, 2.05) is 30.3 Å². The summed E-state index contributed by atoms with van der Waals surface area (Å²) in [5.41, 5.74) is 1.23. The summed E-state index contributed by atoms with van der Waals surface area (Å²) in [5, 5.41) is 4.38. The molecule has 2 aromatic heterocycles. The summed E-state index contributed by atoms with van der Waals surface area (Å²) in [6.07, 6.45) is 1.53. The van der Waals surface area contributed by atoms with E-state index in [-0.39, 0.29) is 10.8 Å². The van der Waals surface area contributed by atoms with Crippen LogP contribution in [-0.4, -0.2) is 14.8 Å². The highest BCUT2D eigenvalue weighted by atomic mass is 16.1. The fraction of sp³-hybridized carbons (Fsp3) is 0.0714. The van der Waals surface area contributed by atoms with Gasteiger partial charge in [-0.05, 0) is 0 Å². The summed E-state index contributed by atoms with van der Waals surface area (Å²) in [7, 11) is 1.54. The molecule has 0 unspecified atom stereocenters. The number of benzene rings is 1. The Morgan fingerprint density at radius 3 is 2.58 bits per heavy atom. The second-order valence-electron chi connectivity index (χ2n) is 4.24. The van der Waals surface area contributed by atoms with Crippen molar-refractivity contribution < 1.29 is 0 Å². The van der Waals surface area contributed by atoms with Crippen molar-refractivity contribution in [3.8, 4) is 11.3 Å². The lowest BCUT2D eigenvalue weighted by molar-refractivity contribution is 0.721. The number of nitrogens with zero attached hydrogens (tertiary/aromatic N) is 2. The van der Waals surface area contributed by atoms with E-state index in [1.54, 1.807) is 7.05 Å². The third-order valence-electron chi connectivity index (χ3n) is 3.00. The van der Waals surface area contributed by atoms with Crippen molar-refractivity contribution in [1.29, 1.82) is 0 Å². The minimum atomic E-state index is -0.392. The van der Waals surface area contributed by atoms with Gasteiger partial charge in [0.05, 0.1) is 5.52 Å². The smallest absolute Gasteiger partial charge is 0.279 e. The quantitative estimate of drug-likeness (QED) is 0.710. The second kappa shape index (κ2) is 4.20. The van der Waals surface area contributed by atoms with Gasteiger partial charge in [-0.1, -0.05) is 30.3 Å². The molecular weight excluding hydrogens is 242 g/mol. The maximum atomic E-state index is 12.0. The minimum absolute atomic E-state index is 0.138. The molecule has 0 radical (unpaired) electrons. The van der Waals surface area contributed by atoms with Crippen molar-refractivity contribution >= 4 is 10.9 Å². The summed E-state index contributed by atoms with van der Waals surface area (Å²) in [6, 6.07) is 10.8. The number of aryl methyl sites for hydroxylation is 1. The van der Waals surface area contributed by atoms with Crippen LogP contribution in [-0.2, 0) is 7.05 Å². The number of aromatic nitrogens is 3. The van der Waals surface area contributed by atoms with E-state index in [0.717, 1.165) is 5.56 Å². The standard InChI is InChI=1S/C14H11N3O2/c1-17-14(19)11-10(18)7-8-15-13(11)12(16-17)9-5-3-2-4-6-9/h2-8H,1H3,(H,15,18). The molecule has 5 heteroatoms. The zero-order valence-corrected chi connectivity index (χ0v) is 10.3. The van der Waals surface area contributed by atoms with Crippen LogP contribution in [0.15, 0.2) is 52.2 Å². The predicted octanol–water partition coefficient (Wildman–Crippen LogP) is 1.29. The number of nitrogens with one attached hydrogen (secondary N) is 1. The van der Waals surface area contributed by atoms with E-state index >= 15 is 0 Å². The minimum Gasteiger partial charge on any atom is -0.359 e. The summed E-state index contributed by atoms with van der Waals surface area (Å²) in [4.78, 5) is 26.8. The third kappa shape index (κ3) is 1.76. The fourth-order valence-electron chi connectivity index (χ4n) is 2.08. The first-order valence-corrected chi connectivity index (χ1v) is 5.82. The Kier molecular flexibility index (Phi) is 2.52. The maximum absolute atomic E-state index is 12.0. The first-order valence-electron chi connectivity index (χ1n) is 5.82. The van der Waals surface area contributed by atoms with E-state index < -0.39 is 5.56 Å². The topological polar surface area (TPSA) is 67.8 Å². The molecule has 0 saturated heterocycles. The molecule has 94 valence electrons. The van der Waals surface area contributed by atoms with Crippen LogP contribution in [0.5, 0.6) is 0 Å². The van der Waals surface area contributed by atoms with Gasteiger partial charge in [0.15, 0.2) is 5.43 Å². The summed E-state index contributed by atoms with van der Waals surface area (Å²) < 4.78 is 1.19. The van der Waals surface area contributed by atoms with Crippen LogP contribution in [0, 0.1) is 0 Å². The number of aromatic amines is 1. The van der Waals surface area contributed by atoms with Gasteiger partial charge in [-0.25, -0.2) is 4.68 Å².